The molecule has 1 N–H and O–H groups in total. The zero-order chi connectivity index (χ0) is 16.2. The number of aliphatic hydroxyl groups is 1. The van der Waals surface area contributed by atoms with Gasteiger partial charge in [-0.1, -0.05) is 71.9 Å². The summed E-state index contributed by atoms with van der Waals surface area (Å²) in [6, 6.07) is 0. The van der Waals surface area contributed by atoms with E-state index in [-0.39, 0.29) is 37.5 Å². The summed E-state index contributed by atoms with van der Waals surface area (Å²) >= 11 is 31.5. The Labute approximate surface area is 154 Å². The molecular weight excluding hydrogens is 397 g/mol. The fourth-order valence-corrected chi connectivity index (χ4v) is 3.58. The van der Waals surface area contributed by atoms with Gasteiger partial charge in [-0.2, -0.15) is 11.8 Å². The predicted molar refractivity (Wildman–Crippen MR) is 95.2 cm³/mol. The molecule has 0 radical (unpaired) electrons. The normalized spacial score (nSPS) is 12.8. The second kappa shape index (κ2) is 9.17. The minimum Gasteiger partial charge on any atom is -0.488 e. The van der Waals surface area contributed by atoms with Crippen molar-refractivity contribution >= 4 is 69.8 Å². The molecule has 1 atom stereocenters. The SMILES string of the molecule is CC(C)CSCC(O)COc1c(Cl)c(Cl)c(Cl)c(Cl)c1Cl. The van der Waals surface area contributed by atoms with E-state index in [4.69, 9.17) is 62.7 Å². The van der Waals surface area contributed by atoms with E-state index in [1.54, 1.807) is 11.8 Å². The number of ether oxygens (including phenoxy) is 1. The van der Waals surface area contributed by atoms with Gasteiger partial charge >= 0.3 is 0 Å². The molecule has 0 amide bonds. The molecule has 0 aliphatic carbocycles. The summed E-state index contributed by atoms with van der Waals surface area (Å²) in [7, 11) is 0. The van der Waals surface area contributed by atoms with Gasteiger partial charge in [-0.3, -0.25) is 0 Å². The van der Waals surface area contributed by atoms with Gasteiger partial charge in [0.15, 0.2) is 5.75 Å². The third-order valence-corrected chi connectivity index (χ3v) is 6.12. The van der Waals surface area contributed by atoms with Crippen LogP contribution >= 0.6 is 69.8 Å². The Morgan fingerprint density at radius 1 is 0.905 bits per heavy atom. The van der Waals surface area contributed by atoms with E-state index in [1.807, 2.05) is 0 Å². The van der Waals surface area contributed by atoms with Crippen LogP contribution in [0.2, 0.25) is 25.1 Å². The fourth-order valence-electron chi connectivity index (χ4n) is 1.38. The summed E-state index contributed by atoms with van der Waals surface area (Å²) in [4.78, 5) is 0. The second-order valence-corrected chi connectivity index (χ2v) is 7.76. The molecule has 0 aliphatic heterocycles. The molecule has 0 saturated carbocycles. The van der Waals surface area contributed by atoms with Crippen molar-refractivity contribution in [3.63, 3.8) is 0 Å². The summed E-state index contributed by atoms with van der Waals surface area (Å²) in [5, 5.41) is 10.3. The lowest BCUT2D eigenvalue weighted by molar-refractivity contribution is 0.126. The molecule has 0 saturated heterocycles. The van der Waals surface area contributed by atoms with Crippen molar-refractivity contribution in [1.29, 1.82) is 0 Å². The molecule has 120 valence electrons. The Kier molecular flexibility index (Phi) is 8.65. The molecule has 1 aromatic rings. The zero-order valence-electron chi connectivity index (χ0n) is 11.4. The van der Waals surface area contributed by atoms with Crippen LogP contribution in [0.15, 0.2) is 0 Å². The summed E-state index contributed by atoms with van der Waals surface area (Å²) in [5.74, 6) is 2.23. The van der Waals surface area contributed by atoms with Crippen molar-refractivity contribution in [2.24, 2.45) is 5.92 Å². The molecule has 1 rings (SSSR count). The zero-order valence-corrected chi connectivity index (χ0v) is 16.0. The average Bonchev–Trinajstić information content (AvgIpc) is 2.42. The van der Waals surface area contributed by atoms with Crippen LogP contribution in [0.25, 0.3) is 0 Å². The summed E-state index contributed by atoms with van der Waals surface area (Å²) in [6.45, 7) is 4.28. The highest BCUT2D eigenvalue weighted by Crippen LogP contribution is 2.48. The third-order valence-electron chi connectivity index (χ3n) is 2.35. The molecule has 0 aliphatic rings. The van der Waals surface area contributed by atoms with Crippen molar-refractivity contribution < 1.29 is 9.84 Å². The van der Waals surface area contributed by atoms with Gasteiger partial charge < -0.3 is 9.84 Å². The molecule has 0 spiro atoms. The second-order valence-electron chi connectivity index (χ2n) is 4.80. The van der Waals surface area contributed by atoms with E-state index in [0.29, 0.717) is 11.7 Å². The van der Waals surface area contributed by atoms with E-state index in [0.717, 1.165) is 5.75 Å². The van der Waals surface area contributed by atoms with Gasteiger partial charge in [0.05, 0.1) is 21.2 Å². The number of benzene rings is 1. The fraction of sp³-hybridized carbons (Fsp3) is 0.538. The number of hydrogen-bond donors (Lipinski definition) is 1. The Hall–Kier alpha value is 0.780. The Morgan fingerprint density at radius 2 is 1.38 bits per heavy atom. The molecular formula is C13H15Cl5O2S. The van der Waals surface area contributed by atoms with Gasteiger partial charge in [0.1, 0.15) is 16.7 Å². The van der Waals surface area contributed by atoms with Gasteiger partial charge in [0, 0.05) is 5.75 Å². The van der Waals surface area contributed by atoms with Crippen molar-refractivity contribution in [3.05, 3.63) is 25.1 Å². The number of halogens is 5. The summed E-state index contributed by atoms with van der Waals surface area (Å²) in [5.41, 5.74) is 0. The highest BCUT2D eigenvalue weighted by molar-refractivity contribution is 7.99. The molecule has 1 unspecified atom stereocenters. The van der Waals surface area contributed by atoms with E-state index in [1.165, 1.54) is 0 Å². The van der Waals surface area contributed by atoms with Crippen molar-refractivity contribution in [1.82, 2.24) is 0 Å². The lowest BCUT2D eigenvalue weighted by atomic mass is 10.3. The van der Waals surface area contributed by atoms with Crippen molar-refractivity contribution in [3.8, 4) is 5.75 Å². The lowest BCUT2D eigenvalue weighted by Gasteiger charge is -2.16. The first-order valence-electron chi connectivity index (χ1n) is 6.15. The maximum Gasteiger partial charge on any atom is 0.159 e. The Bertz CT molecular complexity index is 467. The first-order chi connectivity index (χ1) is 9.75. The number of hydrogen-bond acceptors (Lipinski definition) is 3. The monoisotopic (exact) mass is 410 g/mol. The first kappa shape index (κ1) is 19.8. The Balaban J connectivity index is 2.68. The van der Waals surface area contributed by atoms with Gasteiger partial charge in [-0.05, 0) is 11.7 Å². The van der Waals surface area contributed by atoms with E-state index in [9.17, 15) is 5.11 Å². The van der Waals surface area contributed by atoms with E-state index >= 15 is 0 Å². The standard InChI is InChI=1S/C13H15Cl5O2S/c1-6(2)4-21-5-7(19)3-20-13-11(17)9(15)8(14)10(16)12(13)18/h6-7,19H,3-5H2,1-2H3. The smallest absolute Gasteiger partial charge is 0.159 e. The van der Waals surface area contributed by atoms with Crippen LogP contribution in [0.1, 0.15) is 13.8 Å². The number of aliphatic hydroxyl groups excluding tert-OH is 1. The van der Waals surface area contributed by atoms with Gasteiger partial charge in [-0.25, -0.2) is 0 Å². The highest BCUT2D eigenvalue weighted by atomic mass is 35.5. The summed E-state index contributed by atoms with van der Waals surface area (Å²) < 4.78 is 5.45. The topological polar surface area (TPSA) is 29.5 Å². The average molecular weight is 413 g/mol. The van der Waals surface area contributed by atoms with Crippen LogP contribution in [-0.4, -0.2) is 29.3 Å². The number of rotatable bonds is 7. The van der Waals surface area contributed by atoms with Crippen LogP contribution in [0.5, 0.6) is 5.75 Å². The van der Waals surface area contributed by atoms with Crippen molar-refractivity contribution in [2.75, 3.05) is 18.1 Å². The van der Waals surface area contributed by atoms with Crippen LogP contribution in [-0.2, 0) is 0 Å². The van der Waals surface area contributed by atoms with E-state index < -0.39 is 6.10 Å². The van der Waals surface area contributed by atoms with E-state index in [2.05, 4.69) is 13.8 Å². The predicted octanol–water partition coefficient (Wildman–Crippen LogP) is 6.08. The summed E-state index contributed by atoms with van der Waals surface area (Å²) in [6.07, 6.45) is -0.644. The number of thioether (sulfide) groups is 1. The maximum absolute atomic E-state index is 9.87. The molecule has 21 heavy (non-hydrogen) atoms. The third kappa shape index (κ3) is 5.72. The first-order valence-corrected chi connectivity index (χ1v) is 9.20. The minimum atomic E-state index is -0.644. The molecule has 0 fully saturated rings. The largest absolute Gasteiger partial charge is 0.488 e. The highest BCUT2D eigenvalue weighted by Gasteiger charge is 2.21. The van der Waals surface area contributed by atoms with Crippen molar-refractivity contribution in [2.45, 2.75) is 20.0 Å². The quantitative estimate of drug-likeness (QED) is 0.434. The lowest BCUT2D eigenvalue weighted by Crippen LogP contribution is -2.21. The molecule has 1 aromatic carbocycles. The minimum absolute atomic E-state index is 0.0405. The molecule has 8 heteroatoms. The molecule has 0 bridgehead atoms. The molecule has 2 nitrogen and oxygen atoms in total. The van der Waals surface area contributed by atoms with Crippen LogP contribution in [0.4, 0.5) is 0 Å². The van der Waals surface area contributed by atoms with Gasteiger partial charge in [0.25, 0.3) is 0 Å². The maximum atomic E-state index is 9.87. The Morgan fingerprint density at radius 3 is 1.86 bits per heavy atom. The van der Waals surface area contributed by atoms with Gasteiger partial charge in [-0.15, -0.1) is 0 Å². The van der Waals surface area contributed by atoms with Crippen LogP contribution in [0, 0.1) is 5.92 Å². The van der Waals surface area contributed by atoms with Crippen LogP contribution in [0.3, 0.4) is 0 Å². The van der Waals surface area contributed by atoms with Gasteiger partial charge in [0.2, 0.25) is 0 Å². The molecule has 0 heterocycles. The molecule has 0 aromatic heterocycles. The van der Waals surface area contributed by atoms with Crippen LogP contribution < -0.4 is 4.74 Å².